The maximum absolute atomic E-state index is 11.8. The Labute approximate surface area is 123 Å². The van der Waals surface area contributed by atoms with Crippen molar-refractivity contribution >= 4 is 17.5 Å². The van der Waals surface area contributed by atoms with Crippen LogP contribution in [0.4, 0.5) is 0 Å². The Morgan fingerprint density at radius 2 is 2.20 bits per heavy atom. The van der Waals surface area contributed by atoms with Crippen molar-refractivity contribution in [3.05, 3.63) is 51.8 Å². The highest BCUT2D eigenvalue weighted by Crippen LogP contribution is 2.11. The van der Waals surface area contributed by atoms with Crippen LogP contribution in [0.5, 0.6) is 0 Å². The topological polar surface area (TPSA) is 57.8 Å². The molecule has 0 spiro atoms. The minimum absolute atomic E-state index is 0.00562. The van der Waals surface area contributed by atoms with Crippen LogP contribution in [0.2, 0.25) is 5.02 Å². The first-order valence-electron chi connectivity index (χ1n) is 6.58. The van der Waals surface area contributed by atoms with E-state index in [1.54, 1.807) is 6.07 Å². The maximum atomic E-state index is 11.8. The second kappa shape index (κ2) is 6.57. The summed E-state index contributed by atoms with van der Waals surface area (Å²) in [5, 5.41) is 10.7. The normalized spacial score (nSPS) is 10.6. The molecular weight excluding hydrogens is 274 g/mol. The van der Waals surface area contributed by atoms with Gasteiger partial charge in [-0.05, 0) is 43.5 Å². The van der Waals surface area contributed by atoms with Gasteiger partial charge in [0.2, 0.25) is 5.91 Å². The lowest BCUT2D eigenvalue weighted by Crippen LogP contribution is -2.27. The van der Waals surface area contributed by atoms with Crippen molar-refractivity contribution in [3.63, 3.8) is 0 Å². The number of aryl methyl sites for hydroxylation is 2. The molecule has 2 aromatic rings. The third-order valence-corrected chi connectivity index (χ3v) is 3.47. The summed E-state index contributed by atoms with van der Waals surface area (Å²) in [6.07, 6.45) is 1.14. The quantitative estimate of drug-likeness (QED) is 0.889. The number of halogens is 1. The molecule has 0 aliphatic rings. The molecule has 0 saturated carbocycles. The minimum atomic E-state index is 0.00562. The molecule has 0 fully saturated rings. The van der Waals surface area contributed by atoms with E-state index in [9.17, 15) is 4.79 Å². The van der Waals surface area contributed by atoms with Gasteiger partial charge in [-0.25, -0.2) is 0 Å². The fourth-order valence-corrected chi connectivity index (χ4v) is 2.38. The predicted octanol–water partition coefficient (Wildman–Crippen LogP) is 2.58. The van der Waals surface area contributed by atoms with Crippen LogP contribution in [-0.2, 0) is 17.6 Å². The number of benzene rings is 1. The van der Waals surface area contributed by atoms with E-state index >= 15 is 0 Å². The molecule has 1 aromatic heterocycles. The van der Waals surface area contributed by atoms with Gasteiger partial charge in [-0.2, -0.15) is 5.10 Å². The number of aromatic nitrogens is 2. The van der Waals surface area contributed by atoms with Crippen LogP contribution in [0.15, 0.2) is 24.3 Å². The molecule has 0 aliphatic carbocycles. The van der Waals surface area contributed by atoms with Gasteiger partial charge in [-0.3, -0.25) is 9.89 Å². The van der Waals surface area contributed by atoms with E-state index in [0.717, 1.165) is 23.4 Å². The molecular formula is C15H18ClN3O. The van der Waals surface area contributed by atoms with Crippen molar-refractivity contribution in [1.82, 2.24) is 15.5 Å². The lowest BCUT2D eigenvalue weighted by atomic mass is 10.1. The lowest BCUT2D eigenvalue weighted by Gasteiger charge is -2.06. The lowest BCUT2D eigenvalue weighted by molar-refractivity contribution is -0.120. The molecule has 1 heterocycles. The third-order valence-electron chi connectivity index (χ3n) is 3.23. The summed E-state index contributed by atoms with van der Waals surface area (Å²) in [6.45, 7) is 4.57. The number of carbonyl (C=O) groups is 1. The zero-order valence-corrected chi connectivity index (χ0v) is 12.4. The fraction of sp³-hybridized carbons (Fsp3) is 0.333. The summed E-state index contributed by atoms with van der Waals surface area (Å²) >= 11 is 5.89. The molecule has 0 radical (unpaired) electrons. The van der Waals surface area contributed by atoms with Crippen LogP contribution < -0.4 is 5.32 Å². The van der Waals surface area contributed by atoms with Crippen molar-refractivity contribution in [2.75, 3.05) is 6.54 Å². The number of nitrogens with zero attached hydrogens (tertiary/aromatic N) is 1. The van der Waals surface area contributed by atoms with Gasteiger partial charge in [0, 0.05) is 17.3 Å². The van der Waals surface area contributed by atoms with Gasteiger partial charge in [-0.1, -0.05) is 23.7 Å². The molecule has 0 bridgehead atoms. The van der Waals surface area contributed by atoms with Crippen LogP contribution in [0.25, 0.3) is 0 Å². The fourth-order valence-electron chi connectivity index (χ4n) is 2.16. The van der Waals surface area contributed by atoms with E-state index in [-0.39, 0.29) is 5.91 Å². The Bertz CT molecular complexity index is 587. The Hall–Kier alpha value is -1.81. The molecule has 1 amide bonds. The van der Waals surface area contributed by atoms with Crippen molar-refractivity contribution in [3.8, 4) is 0 Å². The highest BCUT2D eigenvalue weighted by atomic mass is 35.5. The molecule has 4 nitrogen and oxygen atoms in total. The molecule has 0 atom stereocenters. The summed E-state index contributed by atoms with van der Waals surface area (Å²) < 4.78 is 0. The van der Waals surface area contributed by atoms with E-state index in [2.05, 4.69) is 15.5 Å². The van der Waals surface area contributed by atoms with Crippen molar-refractivity contribution < 1.29 is 4.79 Å². The molecule has 0 aliphatic heterocycles. The molecule has 0 unspecified atom stereocenters. The monoisotopic (exact) mass is 291 g/mol. The maximum Gasteiger partial charge on any atom is 0.224 e. The summed E-state index contributed by atoms with van der Waals surface area (Å²) in [5.74, 6) is 0.00562. The summed E-state index contributed by atoms with van der Waals surface area (Å²) in [5.41, 5.74) is 4.15. The Morgan fingerprint density at radius 1 is 1.40 bits per heavy atom. The zero-order chi connectivity index (χ0) is 14.5. The molecule has 2 rings (SSSR count). The predicted molar refractivity (Wildman–Crippen MR) is 79.9 cm³/mol. The van der Waals surface area contributed by atoms with Crippen molar-refractivity contribution in [1.29, 1.82) is 0 Å². The van der Waals surface area contributed by atoms with Gasteiger partial charge in [0.25, 0.3) is 0 Å². The average Bonchev–Trinajstić information content (AvgIpc) is 2.70. The van der Waals surface area contributed by atoms with E-state index in [0.29, 0.717) is 18.0 Å². The summed E-state index contributed by atoms with van der Waals surface area (Å²) in [7, 11) is 0. The van der Waals surface area contributed by atoms with E-state index < -0.39 is 0 Å². The Morgan fingerprint density at radius 3 is 2.85 bits per heavy atom. The zero-order valence-electron chi connectivity index (χ0n) is 11.7. The highest BCUT2D eigenvalue weighted by molar-refractivity contribution is 6.30. The number of hydrogen-bond acceptors (Lipinski definition) is 2. The number of carbonyl (C=O) groups excluding carboxylic acids is 1. The van der Waals surface area contributed by atoms with Gasteiger partial charge in [0.05, 0.1) is 12.1 Å². The second-order valence-corrected chi connectivity index (χ2v) is 5.26. The Kier molecular flexibility index (Phi) is 4.79. The highest BCUT2D eigenvalue weighted by Gasteiger charge is 2.07. The molecule has 0 saturated heterocycles. The first-order chi connectivity index (χ1) is 9.56. The number of nitrogens with one attached hydrogen (secondary N) is 2. The van der Waals surface area contributed by atoms with Gasteiger partial charge in [0.1, 0.15) is 0 Å². The van der Waals surface area contributed by atoms with Crippen LogP contribution in [0, 0.1) is 13.8 Å². The molecule has 1 aromatic carbocycles. The van der Waals surface area contributed by atoms with Gasteiger partial charge in [-0.15, -0.1) is 0 Å². The number of H-pyrrole nitrogens is 1. The Balaban J connectivity index is 1.81. The van der Waals surface area contributed by atoms with Crippen molar-refractivity contribution in [2.45, 2.75) is 26.7 Å². The van der Waals surface area contributed by atoms with Crippen LogP contribution in [0.3, 0.4) is 0 Å². The third kappa shape index (κ3) is 3.84. The number of aromatic amines is 1. The van der Waals surface area contributed by atoms with Gasteiger partial charge >= 0.3 is 0 Å². The SMILES string of the molecule is Cc1n[nH]c(C)c1CCNC(=O)Cc1cccc(Cl)c1. The average molecular weight is 292 g/mol. The minimum Gasteiger partial charge on any atom is -0.355 e. The molecule has 106 valence electrons. The molecule has 5 heteroatoms. The van der Waals surface area contributed by atoms with Crippen molar-refractivity contribution in [2.24, 2.45) is 0 Å². The number of rotatable bonds is 5. The summed E-state index contributed by atoms with van der Waals surface area (Å²) in [4.78, 5) is 11.8. The second-order valence-electron chi connectivity index (χ2n) is 4.82. The van der Waals surface area contributed by atoms with E-state index in [1.165, 1.54) is 5.56 Å². The van der Waals surface area contributed by atoms with Gasteiger partial charge < -0.3 is 5.32 Å². The molecule has 2 N–H and O–H groups in total. The smallest absolute Gasteiger partial charge is 0.224 e. The number of amides is 1. The van der Waals surface area contributed by atoms with Crippen LogP contribution in [-0.4, -0.2) is 22.6 Å². The first kappa shape index (κ1) is 14.6. The standard InChI is InChI=1S/C15H18ClN3O/c1-10-14(11(2)19-18-10)6-7-17-15(20)9-12-4-3-5-13(16)8-12/h3-5,8H,6-7,9H2,1-2H3,(H,17,20)(H,18,19). The van der Waals surface area contributed by atoms with Crippen LogP contribution in [0.1, 0.15) is 22.5 Å². The number of hydrogen-bond donors (Lipinski definition) is 2. The van der Waals surface area contributed by atoms with Crippen LogP contribution >= 0.6 is 11.6 Å². The first-order valence-corrected chi connectivity index (χ1v) is 6.95. The summed E-state index contributed by atoms with van der Waals surface area (Å²) in [6, 6.07) is 7.36. The molecule has 20 heavy (non-hydrogen) atoms. The largest absolute Gasteiger partial charge is 0.355 e. The van der Waals surface area contributed by atoms with E-state index in [4.69, 9.17) is 11.6 Å². The van der Waals surface area contributed by atoms with E-state index in [1.807, 2.05) is 32.0 Å². The van der Waals surface area contributed by atoms with Gasteiger partial charge in [0.15, 0.2) is 0 Å².